The molecule has 0 radical (unpaired) electrons. The lowest BCUT2D eigenvalue weighted by Crippen LogP contribution is -2.65. The van der Waals surface area contributed by atoms with Crippen molar-refractivity contribution in [3.05, 3.63) is 0 Å². The standard InChI is InChI=1S/C16H32N2O3/c1-7-16(8-2)12(10-13(16)21-9-3)17-14(19)18(6)11-15(4,5)20/h12-13,20H,7-11H2,1-6H3,(H,17,19). The molecule has 2 N–H and O–H groups in total. The van der Waals surface area contributed by atoms with E-state index in [4.69, 9.17) is 4.74 Å². The van der Waals surface area contributed by atoms with E-state index in [-0.39, 0.29) is 23.6 Å². The molecule has 5 nitrogen and oxygen atoms in total. The molecule has 124 valence electrons. The molecule has 0 aromatic heterocycles. The molecule has 0 saturated heterocycles. The van der Waals surface area contributed by atoms with Crippen molar-refractivity contribution in [2.75, 3.05) is 20.2 Å². The number of urea groups is 1. The van der Waals surface area contributed by atoms with Crippen LogP contribution in [0.3, 0.4) is 0 Å². The van der Waals surface area contributed by atoms with Gasteiger partial charge in [-0.3, -0.25) is 0 Å². The molecule has 0 heterocycles. The minimum atomic E-state index is -0.883. The van der Waals surface area contributed by atoms with Crippen LogP contribution in [0.5, 0.6) is 0 Å². The number of amides is 2. The maximum atomic E-state index is 12.3. The molecule has 1 aliphatic carbocycles. The first-order chi connectivity index (χ1) is 9.70. The molecule has 1 rings (SSSR count). The third-order valence-electron chi connectivity index (χ3n) is 4.74. The predicted octanol–water partition coefficient (Wildman–Crippen LogP) is 2.38. The number of carbonyl (C=O) groups excluding carboxylic acids is 1. The van der Waals surface area contributed by atoms with E-state index in [1.165, 1.54) is 0 Å². The van der Waals surface area contributed by atoms with Crippen molar-refractivity contribution in [2.45, 2.75) is 71.6 Å². The number of rotatable bonds is 7. The largest absolute Gasteiger partial charge is 0.389 e. The maximum Gasteiger partial charge on any atom is 0.317 e. The number of hydrogen-bond acceptors (Lipinski definition) is 3. The lowest BCUT2D eigenvalue weighted by molar-refractivity contribution is -0.134. The van der Waals surface area contributed by atoms with Crippen LogP contribution in [0.2, 0.25) is 0 Å². The molecule has 0 aliphatic heterocycles. The fourth-order valence-electron chi connectivity index (χ4n) is 3.49. The first-order valence-electron chi connectivity index (χ1n) is 8.05. The van der Waals surface area contributed by atoms with Crippen molar-refractivity contribution in [3.8, 4) is 0 Å². The molecule has 2 atom stereocenters. The Labute approximate surface area is 129 Å². The zero-order chi connectivity index (χ0) is 16.3. The maximum absolute atomic E-state index is 12.3. The minimum Gasteiger partial charge on any atom is -0.389 e. The second kappa shape index (κ2) is 6.97. The Hall–Kier alpha value is -0.810. The van der Waals surface area contributed by atoms with Crippen LogP contribution in [-0.2, 0) is 4.74 Å². The second-order valence-corrected chi connectivity index (χ2v) is 6.79. The molecule has 0 aromatic carbocycles. The second-order valence-electron chi connectivity index (χ2n) is 6.79. The van der Waals surface area contributed by atoms with Crippen molar-refractivity contribution in [2.24, 2.45) is 5.41 Å². The van der Waals surface area contributed by atoms with Crippen molar-refractivity contribution in [1.82, 2.24) is 10.2 Å². The Morgan fingerprint density at radius 3 is 2.38 bits per heavy atom. The van der Waals surface area contributed by atoms with Gasteiger partial charge in [0.15, 0.2) is 0 Å². The molecule has 1 aliphatic rings. The van der Waals surface area contributed by atoms with Crippen LogP contribution in [0.25, 0.3) is 0 Å². The van der Waals surface area contributed by atoms with E-state index in [2.05, 4.69) is 19.2 Å². The summed E-state index contributed by atoms with van der Waals surface area (Å²) in [5, 5.41) is 12.9. The Kier molecular flexibility index (Phi) is 6.05. The number of hydrogen-bond donors (Lipinski definition) is 2. The van der Waals surface area contributed by atoms with Crippen molar-refractivity contribution in [3.63, 3.8) is 0 Å². The highest BCUT2D eigenvalue weighted by Gasteiger charge is 2.54. The van der Waals surface area contributed by atoms with Crippen LogP contribution in [0.15, 0.2) is 0 Å². The summed E-state index contributed by atoms with van der Waals surface area (Å²) < 4.78 is 5.82. The van der Waals surface area contributed by atoms with Gasteiger partial charge in [0.25, 0.3) is 0 Å². The van der Waals surface area contributed by atoms with Crippen LogP contribution in [0, 0.1) is 5.41 Å². The summed E-state index contributed by atoms with van der Waals surface area (Å²) in [6.45, 7) is 10.8. The summed E-state index contributed by atoms with van der Waals surface area (Å²) in [5.74, 6) is 0. The number of carbonyl (C=O) groups is 1. The van der Waals surface area contributed by atoms with Gasteiger partial charge in [0, 0.05) is 25.1 Å². The van der Waals surface area contributed by atoms with E-state index >= 15 is 0 Å². The summed E-state index contributed by atoms with van der Waals surface area (Å²) in [6, 6.07) is 0.0316. The molecule has 2 amide bonds. The SMILES string of the molecule is CCOC1CC(NC(=O)N(C)CC(C)(C)O)C1(CC)CC. The van der Waals surface area contributed by atoms with E-state index in [0.29, 0.717) is 13.2 Å². The summed E-state index contributed by atoms with van der Waals surface area (Å²) >= 11 is 0. The molecule has 5 heteroatoms. The molecule has 2 unspecified atom stereocenters. The van der Waals surface area contributed by atoms with E-state index in [1.807, 2.05) is 6.92 Å². The highest BCUT2D eigenvalue weighted by molar-refractivity contribution is 5.74. The Balaban J connectivity index is 2.64. The number of nitrogens with one attached hydrogen (secondary N) is 1. The Bertz CT molecular complexity index is 348. The van der Waals surface area contributed by atoms with Gasteiger partial charge in [0.05, 0.1) is 18.2 Å². The van der Waals surface area contributed by atoms with Gasteiger partial charge < -0.3 is 20.1 Å². The van der Waals surface area contributed by atoms with Crippen molar-refractivity contribution >= 4 is 6.03 Å². The van der Waals surface area contributed by atoms with Gasteiger partial charge in [-0.05, 0) is 40.0 Å². The monoisotopic (exact) mass is 300 g/mol. The summed E-state index contributed by atoms with van der Waals surface area (Å²) in [5.41, 5.74) is -0.840. The first kappa shape index (κ1) is 18.2. The third-order valence-corrected chi connectivity index (χ3v) is 4.74. The Morgan fingerprint density at radius 1 is 1.38 bits per heavy atom. The van der Waals surface area contributed by atoms with Crippen LogP contribution >= 0.6 is 0 Å². The summed E-state index contributed by atoms with van der Waals surface area (Å²) in [7, 11) is 1.71. The summed E-state index contributed by atoms with van der Waals surface area (Å²) in [4.78, 5) is 13.8. The van der Waals surface area contributed by atoms with E-state index in [1.54, 1.807) is 25.8 Å². The van der Waals surface area contributed by atoms with Crippen LogP contribution in [0.1, 0.15) is 53.9 Å². The Morgan fingerprint density at radius 2 is 1.95 bits per heavy atom. The number of aliphatic hydroxyl groups is 1. The molecule has 0 bridgehead atoms. The fourth-order valence-corrected chi connectivity index (χ4v) is 3.49. The average Bonchev–Trinajstić information content (AvgIpc) is 2.37. The molecule has 21 heavy (non-hydrogen) atoms. The average molecular weight is 300 g/mol. The highest BCUT2D eigenvalue weighted by Crippen LogP contribution is 2.48. The van der Waals surface area contributed by atoms with Gasteiger partial charge in [0.2, 0.25) is 0 Å². The number of nitrogens with zero attached hydrogens (tertiary/aromatic N) is 1. The van der Waals surface area contributed by atoms with Crippen LogP contribution in [0.4, 0.5) is 4.79 Å². The van der Waals surface area contributed by atoms with Gasteiger partial charge in [0.1, 0.15) is 0 Å². The molecule has 1 fully saturated rings. The lowest BCUT2D eigenvalue weighted by Gasteiger charge is -2.55. The smallest absolute Gasteiger partial charge is 0.317 e. The third kappa shape index (κ3) is 4.10. The lowest BCUT2D eigenvalue weighted by atomic mass is 9.58. The molecule has 1 saturated carbocycles. The molecule has 0 aromatic rings. The fraction of sp³-hybridized carbons (Fsp3) is 0.938. The van der Waals surface area contributed by atoms with E-state index < -0.39 is 5.60 Å². The first-order valence-corrected chi connectivity index (χ1v) is 8.05. The van der Waals surface area contributed by atoms with Crippen LogP contribution < -0.4 is 5.32 Å². The van der Waals surface area contributed by atoms with Gasteiger partial charge in [-0.1, -0.05) is 13.8 Å². The molecule has 0 spiro atoms. The van der Waals surface area contributed by atoms with E-state index in [0.717, 1.165) is 19.3 Å². The van der Waals surface area contributed by atoms with Crippen molar-refractivity contribution in [1.29, 1.82) is 0 Å². The van der Waals surface area contributed by atoms with Gasteiger partial charge in [-0.15, -0.1) is 0 Å². The number of likely N-dealkylation sites (N-methyl/N-ethyl adjacent to an activating group) is 1. The summed E-state index contributed by atoms with van der Waals surface area (Å²) in [6.07, 6.45) is 3.10. The molecular weight excluding hydrogens is 268 g/mol. The zero-order valence-electron chi connectivity index (χ0n) is 14.4. The van der Waals surface area contributed by atoms with Gasteiger partial charge in [-0.2, -0.15) is 0 Å². The molecular formula is C16H32N2O3. The van der Waals surface area contributed by atoms with Crippen LogP contribution in [-0.4, -0.2) is 54.0 Å². The minimum absolute atomic E-state index is 0.0429. The normalized spacial score (nSPS) is 24.3. The van der Waals surface area contributed by atoms with E-state index in [9.17, 15) is 9.90 Å². The van der Waals surface area contributed by atoms with Crippen molar-refractivity contribution < 1.29 is 14.6 Å². The zero-order valence-corrected chi connectivity index (χ0v) is 14.4. The van der Waals surface area contributed by atoms with Gasteiger partial charge in [-0.25, -0.2) is 4.79 Å². The van der Waals surface area contributed by atoms with Gasteiger partial charge >= 0.3 is 6.03 Å². The quantitative estimate of drug-likeness (QED) is 0.759. The topological polar surface area (TPSA) is 61.8 Å². The highest BCUT2D eigenvalue weighted by atomic mass is 16.5. The number of ether oxygens (including phenoxy) is 1. The predicted molar refractivity (Wildman–Crippen MR) is 84.3 cm³/mol.